The third kappa shape index (κ3) is 7.20. The second kappa shape index (κ2) is 8.43. The van der Waals surface area contributed by atoms with E-state index >= 15 is 0 Å². The van der Waals surface area contributed by atoms with Crippen molar-refractivity contribution in [3.63, 3.8) is 0 Å². The molecule has 0 saturated carbocycles. The normalized spacial score (nSPS) is 18.6. The highest BCUT2D eigenvalue weighted by Crippen LogP contribution is 2.21. The summed E-state index contributed by atoms with van der Waals surface area (Å²) in [4.78, 5) is 0. The van der Waals surface area contributed by atoms with Crippen molar-refractivity contribution in [2.45, 2.75) is 26.7 Å². The van der Waals surface area contributed by atoms with Crippen molar-refractivity contribution < 1.29 is 4.74 Å². The van der Waals surface area contributed by atoms with E-state index in [-0.39, 0.29) is 0 Å². The summed E-state index contributed by atoms with van der Waals surface area (Å²) in [5.74, 6) is 4.28. The Morgan fingerprint density at radius 2 is 2.07 bits per heavy atom. The lowest BCUT2D eigenvalue weighted by atomic mass is 10.0. The van der Waals surface area contributed by atoms with Crippen LogP contribution in [0.25, 0.3) is 0 Å². The Morgan fingerprint density at radius 3 is 2.73 bits per heavy atom. The van der Waals surface area contributed by atoms with Crippen molar-refractivity contribution in [3.8, 4) is 0 Å². The highest BCUT2D eigenvalue weighted by molar-refractivity contribution is 7.99. The minimum atomic E-state index is 0.653. The first-order valence-electron chi connectivity index (χ1n) is 6.15. The standard InChI is InChI=1S/C12H25NOS/c1-11(2)10-14-6-5-13-9-12-3-7-15-8-4-12/h11-13H,3-10H2,1-2H3. The number of rotatable bonds is 7. The maximum Gasteiger partial charge on any atom is 0.0591 e. The molecule has 0 spiro atoms. The minimum Gasteiger partial charge on any atom is -0.380 e. The maximum atomic E-state index is 5.52. The summed E-state index contributed by atoms with van der Waals surface area (Å²) in [5, 5.41) is 3.49. The molecule has 0 amide bonds. The van der Waals surface area contributed by atoms with E-state index in [4.69, 9.17) is 4.74 Å². The van der Waals surface area contributed by atoms with Crippen molar-refractivity contribution in [2.75, 3.05) is 37.8 Å². The molecule has 0 bridgehead atoms. The quantitative estimate of drug-likeness (QED) is 0.680. The summed E-state index contributed by atoms with van der Waals surface area (Å²) in [6.07, 6.45) is 2.79. The zero-order valence-corrected chi connectivity index (χ0v) is 10.9. The van der Waals surface area contributed by atoms with Gasteiger partial charge in [0, 0.05) is 13.2 Å². The Bertz CT molecular complexity index is 147. The fourth-order valence-corrected chi connectivity index (χ4v) is 2.92. The maximum absolute atomic E-state index is 5.52. The third-order valence-corrected chi connectivity index (χ3v) is 3.70. The highest BCUT2D eigenvalue weighted by Gasteiger charge is 2.12. The van der Waals surface area contributed by atoms with E-state index in [0.717, 1.165) is 25.7 Å². The molecule has 0 unspecified atom stereocenters. The molecule has 1 N–H and O–H groups in total. The molecule has 0 radical (unpaired) electrons. The number of nitrogens with one attached hydrogen (secondary N) is 1. The van der Waals surface area contributed by atoms with Crippen molar-refractivity contribution in [1.29, 1.82) is 0 Å². The summed E-state index contributed by atoms with van der Waals surface area (Å²) in [6.45, 7) is 8.32. The van der Waals surface area contributed by atoms with Crippen molar-refractivity contribution >= 4 is 11.8 Å². The fraction of sp³-hybridized carbons (Fsp3) is 1.00. The number of ether oxygens (including phenoxy) is 1. The van der Waals surface area contributed by atoms with E-state index in [1.165, 1.54) is 30.9 Å². The lowest BCUT2D eigenvalue weighted by Crippen LogP contribution is -2.28. The van der Waals surface area contributed by atoms with Gasteiger partial charge in [0.15, 0.2) is 0 Å². The molecular formula is C12H25NOS. The summed E-state index contributed by atoms with van der Waals surface area (Å²) in [6, 6.07) is 0. The van der Waals surface area contributed by atoms with Crippen LogP contribution in [-0.2, 0) is 4.74 Å². The van der Waals surface area contributed by atoms with E-state index < -0.39 is 0 Å². The smallest absolute Gasteiger partial charge is 0.0591 e. The average molecular weight is 231 g/mol. The third-order valence-electron chi connectivity index (χ3n) is 2.65. The van der Waals surface area contributed by atoms with Crippen molar-refractivity contribution in [2.24, 2.45) is 11.8 Å². The van der Waals surface area contributed by atoms with Crippen LogP contribution in [0.1, 0.15) is 26.7 Å². The van der Waals surface area contributed by atoms with E-state index in [2.05, 4.69) is 30.9 Å². The number of thioether (sulfide) groups is 1. The zero-order chi connectivity index (χ0) is 10.9. The summed E-state index contributed by atoms with van der Waals surface area (Å²) in [7, 11) is 0. The molecular weight excluding hydrogens is 206 g/mol. The Kier molecular flexibility index (Phi) is 7.49. The van der Waals surface area contributed by atoms with E-state index in [9.17, 15) is 0 Å². The van der Waals surface area contributed by atoms with Crippen LogP contribution >= 0.6 is 11.8 Å². The van der Waals surface area contributed by atoms with Gasteiger partial charge in [0.25, 0.3) is 0 Å². The lowest BCUT2D eigenvalue weighted by molar-refractivity contribution is 0.111. The summed E-state index contributed by atoms with van der Waals surface area (Å²) in [5.41, 5.74) is 0. The molecule has 0 aromatic rings. The molecule has 1 rings (SSSR count). The topological polar surface area (TPSA) is 21.3 Å². The molecule has 1 saturated heterocycles. The van der Waals surface area contributed by atoms with Gasteiger partial charge in [0.1, 0.15) is 0 Å². The molecule has 1 aliphatic heterocycles. The predicted octanol–water partition coefficient (Wildman–Crippen LogP) is 2.39. The fourth-order valence-electron chi connectivity index (χ4n) is 1.72. The van der Waals surface area contributed by atoms with Gasteiger partial charge in [-0.05, 0) is 42.7 Å². The second-order valence-electron chi connectivity index (χ2n) is 4.73. The first-order valence-corrected chi connectivity index (χ1v) is 7.30. The first kappa shape index (κ1) is 13.3. The van der Waals surface area contributed by atoms with Crippen molar-refractivity contribution in [3.05, 3.63) is 0 Å². The van der Waals surface area contributed by atoms with Crippen molar-refractivity contribution in [1.82, 2.24) is 5.32 Å². The van der Waals surface area contributed by atoms with Crippen LogP contribution in [0.5, 0.6) is 0 Å². The van der Waals surface area contributed by atoms with Gasteiger partial charge in [-0.3, -0.25) is 0 Å². The van der Waals surface area contributed by atoms with Crippen LogP contribution in [0, 0.1) is 11.8 Å². The average Bonchev–Trinajstić information content (AvgIpc) is 2.24. The Morgan fingerprint density at radius 1 is 1.33 bits per heavy atom. The van der Waals surface area contributed by atoms with Crippen LogP contribution in [-0.4, -0.2) is 37.8 Å². The first-order chi connectivity index (χ1) is 7.29. The summed E-state index contributed by atoms with van der Waals surface area (Å²) >= 11 is 2.10. The van der Waals surface area contributed by atoms with Gasteiger partial charge >= 0.3 is 0 Å². The van der Waals surface area contributed by atoms with Crippen LogP contribution in [0.4, 0.5) is 0 Å². The number of hydrogen-bond acceptors (Lipinski definition) is 3. The Balaban J connectivity index is 1.83. The molecule has 0 aromatic carbocycles. The largest absolute Gasteiger partial charge is 0.380 e. The van der Waals surface area contributed by atoms with Gasteiger partial charge < -0.3 is 10.1 Å². The molecule has 1 heterocycles. The van der Waals surface area contributed by atoms with Crippen LogP contribution in [0.15, 0.2) is 0 Å². The minimum absolute atomic E-state index is 0.653. The van der Waals surface area contributed by atoms with Crippen LogP contribution in [0.2, 0.25) is 0 Å². The molecule has 0 aromatic heterocycles. The van der Waals surface area contributed by atoms with Gasteiger partial charge in [0.2, 0.25) is 0 Å². The number of hydrogen-bond donors (Lipinski definition) is 1. The van der Waals surface area contributed by atoms with E-state index in [1.807, 2.05) is 0 Å². The molecule has 1 aliphatic rings. The Hall–Kier alpha value is 0.270. The molecule has 3 heteroatoms. The second-order valence-corrected chi connectivity index (χ2v) is 5.95. The van der Waals surface area contributed by atoms with Gasteiger partial charge in [0.05, 0.1) is 6.61 Å². The SMILES string of the molecule is CC(C)COCCNCC1CCSCC1. The van der Waals surface area contributed by atoms with Crippen LogP contribution in [0.3, 0.4) is 0 Å². The summed E-state index contributed by atoms with van der Waals surface area (Å²) < 4.78 is 5.52. The lowest BCUT2D eigenvalue weighted by Gasteiger charge is -2.21. The van der Waals surface area contributed by atoms with E-state index in [0.29, 0.717) is 5.92 Å². The molecule has 1 fully saturated rings. The predicted molar refractivity (Wildman–Crippen MR) is 68.6 cm³/mol. The highest BCUT2D eigenvalue weighted by atomic mass is 32.2. The van der Waals surface area contributed by atoms with E-state index in [1.54, 1.807) is 0 Å². The van der Waals surface area contributed by atoms with Crippen LogP contribution < -0.4 is 5.32 Å². The van der Waals surface area contributed by atoms with Gasteiger partial charge in [-0.25, -0.2) is 0 Å². The molecule has 90 valence electrons. The van der Waals surface area contributed by atoms with Gasteiger partial charge in [-0.1, -0.05) is 13.8 Å². The van der Waals surface area contributed by atoms with Gasteiger partial charge in [-0.2, -0.15) is 11.8 Å². The molecule has 0 atom stereocenters. The van der Waals surface area contributed by atoms with Gasteiger partial charge in [-0.15, -0.1) is 0 Å². The molecule has 0 aliphatic carbocycles. The Labute approximate surface area is 98.5 Å². The monoisotopic (exact) mass is 231 g/mol. The zero-order valence-electron chi connectivity index (χ0n) is 10.1. The molecule has 2 nitrogen and oxygen atoms in total. The molecule has 15 heavy (non-hydrogen) atoms.